The molecule has 1 heterocycles. The maximum atomic E-state index is 12.3. The van der Waals surface area contributed by atoms with Gasteiger partial charge in [0.1, 0.15) is 0 Å². The van der Waals surface area contributed by atoms with Gasteiger partial charge in [0.05, 0.1) is 29.0 Å². The zero-order valence-corrected chi connectivity index (χ0v) is 16.4. The number of hydrogen-bond donors (Lipinski definition) is 1. The molecule has 0 bridgehead atoms. The van der Waals surface area contributed by atoms with Crippen molar-refractivity contribution in [3.8, 4) is 0 Å². The van der Waals surface area contributed by atoms with Gasteiger partial charge in [0.15, 0.2) is 0 Å². The molecule has 0 aromatic heterocycles. The minimum absolute atomic E-state index is 0.143. The lowest BCUT2D eigenvalue weighted by molar-refractivity contribution is 0.122. The van der Waals surface area contributed by atoms with Crippen molar-refractivity contribution in [2.24, 2.45) is 0 Å². The third-order valence-corrected chi connectivity index (χ3v) is 6.19. The first-order valence-electron chi connectivity index (χ1n) is 8.26. The first-order chi connectivity index (χ1) is 12.4. The summed E-state index contributed by atoms with van der Waals surface area (Å²) in [5, 5.41) is 0.749. The van der Waals surface area contributed by atoms with Crippen LogP contribution in [0, 0.1) is 0 Å². The van der Waals surface area contributed by atoms with Crippen LogP contribution in [0.1, 0.15) is 11.1 Å². The van der Waals surface area contributed by atoms with Crippen LogP contribution >= 0.6 is 23.2 Å². The number of ether oxygens (including phenoxy) is 1. The summed E-state index contributed by atoms with van der Waals surface area (Å²) in [6.45, 7) is 3.45. The number of halogens is 2. The molecule has 0 aliphatic carbocycles. The molecule has 1 aliphatic heterocycles. The third-order valence-electron chi connectivity index (χ3n) is 4.15. The highest BCUT2D eigenvalue weighted by molar-refractivity contribution is 7.88. The van der Waals surface area contributed by atoms with Gasteiger partial charge < -0.3 is 9.64 Å². The van der Waals surface area contributed by atoms with Crippen LogP contribution in [0.25, 0.3) is 0 Å². The van der Waals surface area contributed by atoms with E-state index in [4.69, 9.17) is 27.9 Å². The Hall–Kier alpha value is -1.31. The molecule has 1 aliphatic rings. The fourth-order valence-electron chi connectivity index (χ4n) is 2.74. The lowest BCUT2D eigenvalue weighted by Gasteiger charge is -2.28. The SMILES string of the molecule is O=S(=O)(Cc1ccc(Cl)c(Cl)c1)NCc1ccc(N2CCOCC2)cc1. The first-order valence-corrected chi connectivity index (χ1v) is 10.7. The Balaban J connectivity index is 1.57. The van der Waals surface area contributed by atoms with Crippen LogP contribution in [0.2, 0.25) is 10.0 Å². The lowest BCUT2D eigenvalue weighted by Crippen LogP contribution is -2.36. The van der Waals surface area contributed by atoms with Crippen molar-refractivity contribution in [1.29, 1.82) is 0 Å². The first kappa shape index (κ1) is 19.5. The highest BCUT2D eigenvalue weighted by atomic mass is 35.5. The molecule has 5 nitrogen and oxygen atoms in total. The molecule has 0 spiro atoms. The fourth-order valence-corrected chi connectivity index (χ4v) is 4.17. The van der Waals surface area contributed by atoms with Crippen molar-refractivity contribution in [2.75, 3.05) is 31.2 Å². The molecular formula is C18H20Cl2N2O3S. The zero-order valence-electron chi connectivity index (χ0n) is 14.1. The Morgan fingerprint density at radius 1 is 0.962 bits per heavy atom. The summed E-state index contributed by atoms with van der Waals surface area (Å²) < 4.78 is 32.5. The second-order valence-corrected chi connectivity index (χ2v) is 8.72. The Bertz CT molecular complexity index is 851. The van der Waals surface area contributed by atoms with E-state index in [1.807, 2.05) is 24.3 Å². The molecule has 2 aromatic carbocycles. The predicted molar refractivity (Wildman–Crippen MR) is 105 cm³/mol. The average Bonchev–Trinajstić information content (AvgIpc) is 2.64. The van der Waals surface area contributed by atoms with Gasteiger partial charge >= 0.3 is 0 Å². The van der Waals surface area contributed by atoms with E-state index in [2.05, 4.69) is 9.62 Å². The van der Waals surface area contributed by atoms with E-state index in [0.29, 0.717) is 15.6 Å². The van der Waals surface area contributed by atoms with E-state index < -0.39 is 10.0 Å². The van der Waals surface area contributed by atoms with Gasteiger partial charge in [-0.3, -0.25) is 0 Å². The summed E-state index contributed by atoms with van der Waals surface area (Å²) in [5.74, 6) is -0.143. The van der Waals surface area contributed by atoms with Gasteiger partial charge in [0.25, 0.3) is 0 Å². The summed E-state index contributed by atoms with van der Waals surface area (Å²) in [5.41, 5.74) is 2.62. The van der Waals surface area contributed by atoms with Crippen LogP contribution in [0.3, 0.4) is 0 Å². The molecule has 2 aromatic rings. The number of morpholine rings is 1. The van der Waals surface area contributed by atoms with E-state index >= 15 is 0 Å². The Kier molecular flexibility index (Phi) is 6.42. The van der Waals surface area contributed by atoms with Crippen molar-refractivity contribution in [3.63, 3.8) is 0 Å². The Morgan fingerprint density at radius 3 is 2.27 bits per heavy atom. The molecule has 26 heavy (non-hydrogen) atoms. The number of benzene rings is 2. The van der Waals surface area contributed by atoms with E-state index in [0.717, 1.165) is 37.6 Å². The minimum atomic E-state index is -3.47. The van der Waals surface area contributed by atoms with Gasteiger partial charge in [-0.25, -0.2) is 13.1 Å². The van der Waals surface area contributed by atoms with Crippen molar-refractivity contribution < 1.29 is 13.2 Å². The molecule has 0 amide bonds. The van der Waals surface area contributed by atoms with Gasteiger partial charge in [-0.15, -0.1) is 0 Å². The number of anilines is 1. The Labute approximate surface area is 163 Å². The summed E-state index contributed by atoms with van der Waals surface area (Å²) in [4.78, 5) is 2.25. The predicted octanol–water partition coefficient (Wildman–Crippen LogP) is 3.45. The number of nitrogens with one attached hydrogen (secondary N) is 1. The molecule has 140 valence electrons. The van der Waals surface area contributed by atoms with Crippen LogP contribution in [0.15, 0.2) is 42.5 Å². The maximum absolute atomic E-state index is 12.3. The van der Waals surface area contributed by atoms with Crippen molar-refractivity contribution in [2.45, 2.75) is 12.3 Å². The molecule has 0 saturated carbocycles. The molecule has 0 unspecified atom stereocenters. The van der Waals surface area contributed by atoms with Gasteiger partial charge in [-0.2, -0.15) is 0 Å². The van der Waals surface area contributed by atoms with Gasteiger partial charge in [-0.1, -0.05) is 41.4 Å². The maximum Gasteiger partial charge on any atom is 0.216 e. The zero-order chi connectivity index (χ0) is 18.6. The Morgan fingerprint density at radius 2 is 1.62 bits per heavy atom. The van der Waals surface area contributed by atoms with Crippen LogP contribution in [0.4, 0.5) is 5.69 Å². The van der Waals surface area contributed by atoms with Gasteiger partial charge in [-0.05, 0) is 35.4 Å². The quantitative estimate of drug-likeness (QED) is 0.785. The second kappa shape index (κ2) is 8.59. The van der Waals surface area contributed by atoms with Gasteiger partial charge in [0.2, 0.25) is 10.0 Å². The molecule has 3 rings (SSSR count). The smallest absolute Gasteiger partial charge is 0.216 e. The van der Waals surface area contributed by atoms with Crippen molar-refractivity contribution in [3.05, 3.63) is 63.6 Å². The van der Waals surface area contributed by atoms with E-state index in [9.17, 15) is 8.42 Å². The normalized spacial score (nSPS) is 15.2. The summed E-state index contributed by atoms with van der Waals surface area (Å²) in [7, 11) is -3.47. The molecule has 8 heteroatoms. The summed E-state index contributed by atoms with van der Waals surface area (Å²) in [6, 6.07) is 12.7. The summed E-state index contributed by atoms with van der Waals surface area (Å²) in [6.07, 6.45) is 0. The van der Waals surface area contributed by atoms with Crippen molar-refractivity contribution >= 4 is 38.9 Å². The molecule has 0 radical (unpaired) electrons. The van der Waals surface area contributed by atoms with Crippen LogP contribution < -0.4 is 9.62 Å². The summed E-state index contributed by atoms with van der Waals surface area (Å²) >= 11 is 11.8. The largest absolute Gasteiger partial charge is 0.378 e. The highest BCUT2D eigenvalue weighted by Crippen LogP contribution is 2.23. The van der Waals surface area contributed by atoms with Gasteiger partial charge in [0, 0.05) is 25.3 Å². The fraction of sp³-hybridized carbons (Fsp3) is 0.333. The molecule has 1 saturated heterocycles. The van der Waals surface area contributed by atoms with E-state index in [1.165, 1.54) is 0 Å². The van der Waals surface area contributed by atoms with Crippen LogP contribution in [0.5, 0.6) is 0 Å². The topological polar surface area (TPSA) is 58.6 Å². The molecular weight excluding hydrogens is 395 g/mol. The third kappa shape index (κ3) is 5.34. The second-order valence-electron chi connectivity index (χ2n) is 6.09. The lowest BCUT2D eigenvalue weighted by atomic mass is 10.2. The van der Waals surface area contributed by atoms with E-state index in [1.54, 1.807) is 18.2 Å². The molecule has 0 atom stereocenters. The monoisotopic (exact) mass is 414 g/mol. The van der Waals surface area contributed by atoms with Crippen LogP contribution in [-0.4, -0.2) is 34.7 Å². The number of hydrogen-bond acceptors (Lipinski definition) is 4. The number of rotatable bonds is 6. The van der Waals surface area contributed by atoms with Crippen molar-refractivity contribution in [1.82, 2.24) is 4.72 Å². The molecule has 1 fully saturated rings. The minimum Gasteiger partial charge on any atom is -0.378 e. The highest BCUT2D eigenvalue weighted by Gasteiger charge is 2.14. The molecule has 1 N–H and O–H groups in total. The standard InChI is InChI=1S/C18H20Cl2N2O3S/c19-17-6-3-15(11-18(17)20)13-26(23,24)21-12-14-1-4-16(5-2-14)22-7-9-25-10-8-22/h1-6,11,21H,7-10,12-13H2. The number of sulfonamides is 1. The van der Waals surface area contributed by atoms with E-state index in [-0.39, 0.29) is 12.3 Å². The van der Waals surface area contributed by atoms with Crippen LogP contribution in [-0.2, 0) is 27.1 Å². The average molecular weight is 415 g/mol. The number of nitrogens with zero attached hydrogens (tertiary/aromatic N) is 1.